The Morgan fingerprint density at radius 2 is 1.68 bits per heavy atom. The smallest absolute Gasteiger partial charge is 0.273 e. The molecule has 0 saturated heterocycles. The highest BCUT2D eigenvalue weighted by Gasteiger charge is 2.15. The molecule has 0 aliphatic rings. The van der Waals surface area contributed by atoms with Crippen LogP contribution in [0, 0.1) is 23.0 Å². The van der Waals surface area contributed by atoms with E-state index < -0.39 is 10.8 Å². The van der Waals surface area contributed by atoms with Crippen LogP contribution in [-0.4, -0.2) is 16.7 Å². The van der Waals surface area contributed by atoms with Crippen molar-refractivity contribution in [2.24, 2.45) is 5.92 Å². The zero-order chi connectivity index (χ0) is 18.6. The number of anilines is 2. The lowest BCUT2D eigenvalue weighted by atomic mass is 10.1. The van der Waals surface area contributed by atoms with Crippen LogP contribution in [0.4, 0.5) is 17.1 Å². The third-order valence-electron chi connectivity index (χ3n) is 3.58. The highest BCUT2D eigenvalue weighted by Crippen LogP contribution is 2.21. The van der Waals surface area contributed by atoms with Crippen LogP contribution in [-0.2, 0) is 4.79 Å². The maximum Gasteiger partial charge on any atom is 0.273 e. The highest BCUT2D eigenvalue weighted by molar-refractivity contribution is 6.05. The minimum atomic E-state index is -0.520. The molecule has 130 valence electrons. The standard InChI is InChI=1S/C18H19N3O4/c1-11(2)17(22)19-14-5-4-6-15(10-14)20-18(23)13-8-7-12(3)16(9-13)21(24)25/h4-11H,1-3H3,(H,19,22)(H,20,23). The molecular formula is C18H19N3O4. The summed E-state index contributed by atoms with van der Waals surface area (Å²) in [4.78, 5) is 34.5. The molecule has 2 rings (SSSR count). The van der Waals surface area contributed by atoms with Gasteiger partial charge in [0.25, 0.3) is 11.6 Å². The number of carbonyl (C=O) groups excluding carboxylic acids is 2. The maximum absolute atomic E-state index is 12.3. The average molecular weight is 341 g/mol. The summed E-state index contributed by atoms with van der Waals surface area (Å²) in [6, 6.07) is 11.0. The van der Waals surface area contributed by atoms with Crippen molar-refractivity contribution in [3.8, 4) is 0 Å². The van der Waals surface area contributed by atoms with Crippen LogP contribution in [0.5, 0.6) is 0 Å². The number of aryl methyl sites for hydroxylation is 1. The van der Waals surface area contributed by atoms with Gasteiger partial charge in [0.05, 0.1) is 4.92 Å². The number of nitro groups is 1. The number of nitrogens with one attached hydrogen (secondary N) is 2. The average Bonchev–Trinajstić information content (AvgIpc) is 2.55. The van der Waals surface area contributed by atoms with Gasteiger partial charge in [0.1, 0.15) is 0 Å². The number of hydrogen-bond acceptors (Lipinski definition) is 4. The van der Waals surface area contributed by atoms with E-state index in [1.54, 1.807) is 45.0 Å². The summed E-state index contributed by atoms with van der Waals surface area (Å²) in [7, 11) is 0. The molecule has 0 unspecified atom stereocenters. The fraction of sp³-hybridized carbons (Fsp3) is 0.222. The first kappa shape index (κ1) is 18.1. The van der Waals surface area contributed by atoms with Crippen molar-refractivity contribution < 1.29 is 14.5 Å². The number of benzene rings is 2. The number of hydrogen-bond donors (Lipinski definition) is 2. The second kappa shape index (κ2) is 7.57. The summed E-state index contributed by atoms with van der Waals surface area (Å²) in [5.74, 6) is -0.751. The van der Waals surface area contributed by atoms with Gasteiger partial charge in [-0.25, -0.2) is 0 Å². The van der Waals surface area contributed by atoms with Gasteiger partial charge in [0, 0.05) is 34.5 Å². The zero-order valence-corrected chi connectivity index (χ0v) is 14.2. The van der Waals surface area contributed by atoms with E-state index in [0.29, 0.717) is 16.9 Å². The van der Waals surface area contributed by atoms with Crippen molar-refractivity contribution in [2.75, 3.05) is 10.6 Å². The Bertz CT molecular complexity index is 831. The van der Waals surface area contributed by atoms with Gasteiger partial charge >= 0.3 is 0 Å². The minimum Gasteiger partial charge on any atom is -0.326 e. The van der Waals surface area contributed by atoms with Crippen LogP contribution < -0.4 is 10.6 Å². The maximum atomic E-state index is 12.3. The Balaban J connectivity index is 2.17. The summed E-state index contributed by atoms with van der Waals surface area (Å²) in [6.45, 7) is 5.18. The largest absolute Gasteiger partial charge is 0.326 e. The van der Waals surface area contributed by atoms with Gasteiger partial charge in [0.2, 0.25) is 5.91 Å². The number of amides is 2. The molecule has 0 heterocycles. The third kappa shape index (κ3) is 4.63. The van der Waals surface area contributed by atoms with Gasteiger partial charge in [-0.15, -0.1) is 0 Å². The van der Waals surface area contributed by atoms with Gasteiger partial charge < -0.3 is 10.6 Å². The molecule has 0 aliphatic heterocycles. The van der Waals surface area contributed by atoms with E-state index in [1.165, 1.54) is 18.2 Å². The molecule has 2 aromatic carbocycles. The van der Waals surface area contributed by atoms with E-state index in [1.807, 2.05) is 0 Å². The summed E-state index contributed by atoms with van der Waals surface area (Å²) < 4.78 is 0. The van der Waals surface area contributed by atoms with Crippen molar-refractivity contribution in [1.29, 1.82) is 0 Å². The van der Waals surface area contributed by atoms with E-state index in [4.69, 9.17) is 0 Å². The fourth-order valence-corrected chi connectivity index (χ4v) is 2.11. The minimum absolute atomic E-state index is 0.106. The second-order valence-electron chi connectivity index (χ2n) is 5.94. The lowest BCUT2D eigenvalue weighted by Crippen LogP contribution is -2.18. The predicted octanol–water partition coefficient (Wildman–Crippen LogP) is 3.75. The Labute approximate surface area is 145 Å². The molecule has 0 saturated carbocycles. The van der Waals surface area contributed by atoms with Crippen molar-refractivity contribution >= 4 is 28.9 Å². The third-order valence-corrected chi connectivity index (χ3v) is 3.58. The van der Waals surface area contributed by atoms with Gasteiger partial charge in [-0.05, 0) is 31.2 Å². The van der Waals surface area contributed by atoms with Crippen molar-refractivity contribution in [1.82, 2.24) is 0 Å². The Hall–Kier alpha value is -3.22. The van der Waals surface area contributed by atoms with Crippen molar-refractivity contribution in [3.63, 3.8) is 0 Å². The Kier molecular flexibility index (Phi) is 5.49. The first-order chi connectivity index (χ1) is 11.8. The monoisotopic (exact) mass is 341 g/mol. The van der Waals surface area contributed by atoms with Crippen LogP contribution in [0.3, 0.4) is 0 Å². The summed E-state index contributed by atoms with van der Waals surface area (Å²) >= 11 is 0. The molecule has 2 N–H and O–H groups in total. The van der Waals surface area contributed by atoms with Gasteiger partial charge in [-0.2, -0.15) is 0 Å². The van der Waals surface area contributed by atoms with Crippen LogP contribution in [0.15, 0.2) is 42.5 Å². The fourth-order valence-electron chi connectivity index (χ4n) is 2.11. The summed E-state index contributed by atoms with van der Waals surface area (Å²) in [6.07, 6.45) is 0. The first-order valence-electron chi connectivity index (χ1n) is 7.75. The summed E-state index contributed by atoms with van der Waals surface area (Å²) in [5, 5.41) is 16.4. The van der Waals surface area contributed by atoms with Crippen LogP contribution >= 0.6 is 0 Å². The van der Waals surface area contributed by atoms with Gasteiger partial charge in [0.15, 0.2) is 0 Å². The molecule has 0 fully saturated rings. The molecule has 7 nitrogen and oxygen atoms in total. The number of rotatable bonds is 5. The van der Waals surface area contributed by atoms with E-state index in [2.05, 4.69) is 10.6 Å². The zero-order valence-electron chi connectivity index (χ0n) is 14.2. The van der Waals surface area contributed by atoms with E-state index in [-0.39, 0.29) is 23.1 Å². The molecule has 0 bridgehead atoms. The van der Waals surface area contributed by atoms with Crippen LogP contribution in [0.25, 0.3) is 0 Å². The molecule has 7 heteroatoms. The molecular weight excluding hydrogens is 322 g/mol. The Morgan fingerprint density at radius 1 is 1.04 bits per heavy atom. The van der Waals surface area contributed by atoms with Gasteiger partial charge in [-0.3, -0.25) is 19.7 Å². The SMILES string of the molecule is Cc1ccc(C(=O)Nc2cccc(NC(=O)C(C)C)c2)cc1[N+](=O)[O-]. The predicted molar refractivity (Wildman–Crippen MR) is 95.7 cm³/mol. The lowest BCUT2D eigenvalue weighted by molar-refractivity contribution is -0.385. The molecule has 25 heavy (non-hydrogen) atoms. The normalized spacial score (nSPS) is 10.4. The van der Waals surface area contributed by atoms with E-state index in [9.17, 15) is 19.7 Å². The number of nitro benzene ring substituents is 1. The quantitative estimate of drug-likeness (QED) is 0.638. The van der Waals surface area contributed by atoms with Crippen LogP contribution in [0.2, 0.25) is 0 Å². The van der Waals surface area contributed by atoms with E-state index in [0.717, 1.165) is 0 Å². The second-order valence-corrected chi connectivity index (χ2v) is 5.94. The molecule has 0 aliphatic carbocycles. The molecule has 0 atom stereocenters. The highest BCUT2D eigenvalue weighted by atomic mass is 16.6. The molecule has 0 radical (unpaired) electrons. The molecule has 0 spiro atoms. The Morgan fingerprint density at radius 3 is 2.28 bits per heavy atom. The molecule has 2 aromatic rings. The molecule has 0 aromatic heterocycles. The molecule has 2 amide bonds. The number of nitrogens with zero attached hydrogens (tertiary/aromatic N) is 1. The van der Waals surface area contributed by atoms with Crippen LogP contribution in [0.1, 0.15) is 29.8 Å². The van der Waals surface area contributed by atoms with Crippen molar-refractivity contribution in [3.05, 3.63) is 63.7 Å². The number of carbonyl (C=O) groups is 2. The first-order valence-corrected chi connectivity index (χ1v) is 7.75. The van der Waals surface area contributed by atoms with Gasteiger partial charge in [-0.1, -0.05) is 26.0 Å². The summed E-state index contributed by atoms with van der Waals surface area (Å²) in [5.41, 5.74) is 1.61. The lowest BCUT2D eigenvalue weighted by Gasteiger charge is -2.10. The van der Waals surface area contributed by atoms with E-state index >= 15 is 0 Å². The van der Waals surface area contributed by atoms with Crippen molar-refractivity contribution in [2.45, 2.75) is 20.8 Å². The topological polar surface area (TPSA) is 101 Å².